The number of aromatic amines is 1. The lowest BCUT2D eigenvalue weighted by atomic mass is 10.1. The van der Waals surface area contributed by atoms with Gasteiger partial charge < -0.3 is 9.88 Å². The molecule has 1 aromatic rings. The van der Waals surface area contributed by atoms with Crippen molar-refractivity contribution in [3.63, 3.8) is 0 Å². The van der Waals surface area contributed by atoms with Crippen LogP contribution in [0.5, 0.6) is 0 Å². The molecular formula is C15H27N3. The number of hydrogen-bond donors (Lipinski definition) is 1. The van der Waals surface area contributed by atoms with Gasteiger partial charge in [0.15, 0.2) is 0 Å². The molecular weight excluding hydrogens is 222 g/mol. The molecule has 0 amide bonds. The van der Waals surface area contributed by atoms with Crippen molar-refractivity contribution in [2.75, 3.05) is 13.6 Å². The molecule has 0 aliphatic heterocycles. The number of imidazole rings is 1. The lowest BCUT2D eigenvalue weighted by molar-refractivity contribution is 0.269. The predicted molar refractivity (Wildman–Crippen MR) is 75.5 cm³/mol. The van der Waals surface area contributed by atoms with Gasteiger partial charge in [-0.1, -0.05) is 26.2 Å². The van der Waals surface area contributed by atoms with Crippen LogP contribution in [-0.2, 0) is 13.0 Å². The minimum absolute atomic E-state index is 0.928. The number of unbranched alkanes of at least 4 members (excludes halogenated alkanes) is 1. The molecule has 102 valence electrons. The Morgan fingerprint density at radius 2 is 2.17 bits per heavy atom. The summed E-state index contributed by atoms with van der Waals surface area (Å²) in [5.41, 5.74) is 1.27. The molecule has 0 atom stereocenters. The van der Waals surface area contributed by atoms with Crippen LogP contribution in [0.25, 0.3) is 0 Å². The van der Waals surface area contributed by atoms with Crippen molar-refractivity contribution in [3.05, 3.63) is 17.7 Å². The fourth-order valence-corrected chi connectivity index (χ4v) is 2.95. The van der Waals surface area contributed by atoms with Crippen LogP contribution in [0, 0.1) is 5.92 Å². The standard InChI is InChI=1S/C15H27N3/c1-3-4-9-15-16-10-14(17-15)12-18(2)11-13-7-5-6-8-13/h10,13H,3-9,11-12H2,1-2H3,(H,16,17). The predicted octanol–water partition coefficient (Wildman–Crippen LogP) is 3.37. The molecule has 3 heteroatoms. The smallest absolute Gasteiger partial charge is 0.106 e. The van der Waals surface area contributed by atoms with Crippen LogP contribution in [-0.4, -0.2) is 28.5 Å². The Hall–Kier alpha value is -0.830. The van der Waals surface area contributed by atoms with Crippen molar-refractivity contribution in [2.45, 2.75) is 58.4 Å². The van der Waals surface area contributed by atoms with E-state index in [1.807, 2.05) is 6.20 Å². The Morgan fingerprint density at radius 1 is 1.39 bits per heavy atom. The first-order chi connectivity index (χ1) is 8.78. The third-order valence-electron chi connectivity index (χ3n) is 3.93. The SMILES string of the molecule is CCCCc1ncc(CN(C)CC2CCCC2)[nH]1. The first-order valence-electron chi connectivity index (χ1n) is 7.49. The van der Waals surface area contributed by atoms with Gasteiger partial charge in [-0.2, -0.15) is 0 Å². The van der Waals surface area contributed by atoms with Gasteiger partial charge in [0.05, 0.1) is 0 Å². The highest BCUT2D eigenvalue weighted by molar-refractivity contribution is 5.01. The van der Waals surface area contributed by atoms with Crippen molar-refractivity contribution < 1.29 is 0 Å². The zero-order chi connectivity index (χ0) is 12.8. The number of aryl methyl sites for hydroxylation is 1. The second-order valence-electron chi connectivity index (χ2n) is 5.81. The van der Waals surface area contributed by atoms with E-state index in [9.17, 15) is 0 Å². The highest BCUT2D eigenvalue weighted by atomic mass is 15.1. The lowest BCUT2D eigenvalue weighted by Gasteiger charge is -2.19. The summed E-state index contributed by atoms with van der Waals surface area (Å²) < 4.78 is 0. The molecule has 0 bridgehead atoms. The van der Waals surface area contributed by atoms with E-state index < -0.39 is 0 Å². The molecule has 1 heterocycles. The Labute approximate surface area is 111 Å². The second-order valence-corrected chi connectivity index (χ2v) is 5.81. The Bertz CT molecular complexity index is 339. The Balaban J connectivity index is 1.75. The third kappa shape index (κ3) is 4.13. The van der Waals surface area contributed by atoms with Gasteiger partial charge in [-0.3, -0.25) is 0 Å². The maximum atomic E-state index is 4.46. The summed E-state index contributed by atoms with van der Waals surface area (Å²) in [7, 11) is 2.23. The third-order valence-corrected chi connectivity index (χ3v) is 3.93. The molecule has 0 radical (unpaired) electrons. The van der Waals surface area contributed by atoms with E-state index in [2.05, 4.69) is 28.8 Å². The fourth-order valence-electron chi connectivity index (χ4n) is 2.95. The molecule has 3 nitrogen and oxygen atoms in total. The molecule has 1 aliphatic carbocycles. The van der Waals surface area contributed by atoms with E-state index >= 15 is 0 Å². The highest BCUT2D eigenvalue weighted by Gasteiger charge is 2.17. The number of H-pyrrole nitrogens is 1. The van der Waals surface area contributed by atoms with Gasteiger partial charge in [-0.25, -0.2) is 4.98 Å². The number of rotatable bonds is 7. The van der Waals surface area contributed by atoms with Crippen molar-refractivity contribution in [1.82, 2.24) is 14.9 Å². The fraction of sp³-hybridized carbons (Fsp3) is 0.800. The molecule has 0 aromatic carbocycles. The van der Waals surface area contributed by atoms with Gasteiger partial charge in [-0.15, -0.1) is 0 Å². The van der Waals surface area contributed by atoms with Crippen LogP contribution in [0.1, 0.15) is 57.0 Å². The quantitative estimate of drug-likeness (QED) is 0.803. The number of aromatic nitrogens is 2. The molecule has 2 rings (SSSR count). The summed E-state index contributed by atoms with van der Waals surface area (Å²) in [6.07, 6.45) is 11.3. The van der Waals surface area contributed by atoms with E-state index in [0.29, 0.717) is 0 Å². The molecule has 0 saturated heterocycles. The van der Waals surface area contributed by atoms with Crippen molar-refractivity contribution in [1.29, 1.82) is 0 Å². The minimum Gasteiger partial charge on any atom is -0.345 e. The molecule has 1 saturated carbocycles. The Morgan fingerprint density at radius 3 is 2.89 bits per heavy atom. The van der Waals surface area contributed by atoms with E-state index in [1.54, 1.807) is 0 Å². The van der Waals surface area contributed by atoms with Gasteiger partial charge in [-0.05, 0) is 32.2 Å². The summed E-state index contributed by atoms with van der Waals surface area (Å²) in [6, 6.07) is 0. The zero-order valence-corrected chi connectivity index (χ0v) is 11.9. The van der Waals surface area contributed by atoms with Crippen LogP contribution >= 0.6 is 0 Å². The number of nitrogens with one attached hydrogen (secondary N) is 1. The van der Waals surface area contributed by atoms with Gasteiger partial charge in [0.1, 0.15) is 5.82 Å². The first kappa shape index (κ1) is 13.6. The second kappa shape index (κ2) is 6.93. The summed E-state index contributed by atoms with van der Waals surface area (Å²) in [6.45, 7) is 4.47. The van der Waals surface area contributed by atoms with Gasteiger partial charge in [0, 0.05) is 31.4 Å². The summed E-state index contributed by atoms with van der Waals surface area (Å²) in [5.74, 6) is 2.08. The van der Waals surface area contributed by atoms with Crippen LogP contribution in [0.15, 0.2) is 6.20 Å². The van der Waals surface area contributed by atoms with Crippen LogP contribution in [0.4, 0.5) is 0 Å². The molecule has 1 aliphatic rings. The van der Waals surface area contributed by atoms with E-state index in [1.165, 1.54) is 50.8 Å². The van der Waals surface area contributed by atoms with E-state index in [0.717, 1.165) is 24.7 Å². The average molecular weight is 249 g/mol. The minimum atomic E-state index is 0.928. The summed E-state index contributed by atoms with van der Waals surface area (Å²) in [4.78, 5) is 10.3. The van der Waals surface area contributed by atoms with Crippen LogP contribution in [0.2, 0.25) is 0 Å². The van der Waals surface area contributed by atoms with Crippen molar-refractivity contribution in [2.24, 2.45) is 5.92 Å². The Kier molecular flexibility index (Phi) is 5.24. The van der Waals surface area contributed by atoms with Crippen LogP contribution in [0.3, 0.4) is 0 Å². The first-order valence-corrected chi connectivity index (χ1v) is 7.49. The largest absolute Gasteiger partial charge is 0.345 e. The summed E-state index contributed by atoms with van der Waals surface area (Å²) >= 11 is 0. The molecule has 1 N–H and O–H groups in total. The van der Waals surface area contributed by atoms with Crippen LogP contribution < -0.4 is 0 Å². The van der Waals surface area contributed by atoms with E-state index in [4.69, 9.17) is 0 Å². The number of nitrogens with zero attached hydrogens (tertiary/aromatic N) is 2. The average Bonchev–Trinajstić information content (AvgIpc) is 2.98. The molecule has 1 aromatic heterocycles. The maximum absolute atomic E-state index is 4.46. The molecule has 0 unspecified atom stereocenters. The highest BCUT2D eigenvalue weighted by Crippen LogP contribution is 2.25. The van der Waals surface area contributed by atoms with Gasteiger partial charge in [0.25, 0.3) is 0 Å². The topological polar surface area (TPSA) is 31.9 Å². The lowest BCUT2D eigenvalue weighted by Crippen LogP contribution is -2.24. The van der Waals surface area contributed by atoms with Crippen molar-refractivity contribution >= 4 is 0 Å². The molecule has 1 fully saturated rings. The molecule has 0 spiro atoms. The molecule has 18 heavy (non-hydrogen) atoms. The van der Waals surface area contributed by atoms with Gasteiger partial charge in [0.2, 0.25) is 0 Å². The normalized spacial score (nSPS) is 16.8. The van der Waals surface area contributed by atoms with Crippen molar-refractivity contribution in [3.8, 4) is 0 Å². The van der Waals surface area contributed by atoms with E-state index in [-0.39, 0.29) is 0 Å². The zero-order valence-electron chi connectivity index (χ0n) is 11.9. The maximum Gasteiger partial charge on any atom is 0.106 e. The number of hydrogen-bond acceptors (Lipinski definition) is 2. The summed E-state index contributed by atoms with van der Waals surface area (Å²) in [5, 5.41) is 0. The monoisotopic (exact) mass is 249 g/mol. The van der Waals surface area contributed by atoms with Gasteiger partial charge >= 0.3 is 0 Å².